The van der Waals surface area contributed by atoms with Crippen LogP contribution in [0.2, 0.25) is 0 Å². The Morgan fingerprint density at radius 3 is 2.26 bits per heavy atom. The van der Waals surface area contributed by atoms with E-state index in [9.17, 15) is 9.59 Å². The SMILES string of the molecule is C/C(=C\CC=O)C(=O)NC1CC(C)(C)NC(C)(C)C1. The second-order valence-electron chi connectivity index (χ2n) is 6.76. The molecule has 1 aliphatic rings. The molecular weight excluding hydrogens is 240 g/mol. The molecule has 0 radical (unpaired) electrons. The Labute approximate surface area is 116 Å². The van der Waals surface area contributed by atoms with Crippen molar-refractivity contribution in [3.8, 4) is 0 Å². The van der Waals surface area contributed by atoms with Gasteiger partial charge in [0, 0.05) is 29.1 Å². The van der Waals surface area contributed by atoms with Gasteiger partial charge in [-0.05, 0) is 47.5 Å². The van der Waals surface area contributed by atoms with Gasteiger partial charge in [-0.15, -0.1) is 0 Å². The number of piperidine rings is 1. The first-order valence-electron chi connectivity index (χ1n) is 6.86. The second kappa shape index (κ2) is 5.87. The summed E-state index contributed by atoms with van der Waals surface area (Å²) in [5, 5.41) is 6.66. The summed E-state index contributed by atoms with van der Waals surface area (Å²) in [6.45, 7) is 10.4. The predicted molar refractivity (Wildman–Crippen MR) is 76.9 cm³/mol. The highest BCUT2D eigenvalue weighted by Gasteiger charge is 2.38. The fraction of sp³-hybridized carbons (Fsp3) is 0.733. The average molecular weight is 266 g/mol. The third-order valence-corrected chi connectivity index (χ3v) is 3.40. The zero-order chi connectivity index (χ0) is 14.7. The first kappa shape index (κ1) is 15.9. The van der Waals surface area contributed by atoms with Gasteiger partial charge in [-0.1, -0.05) is 6.08 Å². The van der Waals surface area contributed by atoms with E-state index in [2.05, 4.69) is 38.3 Å². The molecule has 4 heteroatoms. The van der Waals surface area contributed by atoms with Crippen molar-refractivity contribution in [1.29, 1.82) is 0 Å². The van der Waals surface area contributed by atoms with E-state index in [1.807, 2.05) is 0 Å². The lowest BCUT2D eigenvalue weighted by Gasteiger charge is -2.46. The standard InChI is InChI=1S/C15H26N2O2/c1-11(7-6-8-18)13(19)16-12-9-14(2,3)17-15(4,5)10-12/h7-8,12,17H,6,9-10H2,1-5H3,(H,16,19)/b11-7+. The van der Waals surface area contributed by atoms with Crippen LogP contribution in [-0.2, 0) is 9.59 Å². The minimum atomic E-state index is -0.0691. The van der Waals surface area contributed by atoms with Crippen LogP contribution in [0.1, 0.15) is 53.9 Å². The van der Waals surface area contributed by atoms with E-state index in [1.54, 1.807) is 13.0 Å². The van der Waals surface area contributed by atoms with Crippen LogP contribution in [0.5, 0.6) is 0 Å². The number of allylic oxidation sites excluding steroid dienone is 1. The lowest BCUT2D eigenvalue weighted by molar-refractivity contribution is -0.118. The van der Waals surface area contributed by atoms with Crippen molar-refractivity contribution < 1.29 is 9.59 Å². The summed E-state index contributed by atoms with van der Waals surface area (Å²) in [6, 6.07) is 0.165. The van der Waals surface area contributed by atoms with Crippen molar-refractivity contribution in [3.63, 3.8) is 0 Å². The Balaban J connectivity index is 2.66. The largest absolute Gasteiger partial charge is 0.349 e. The molecule has 0 atom stereocenters. The number of aldehydes is 1. The van der Waals surface area contributed by atoms with Crippen LogP contribution in [0.15, 0.2) is 11.6 Å². The van der Waals surface area contributed by atoms with E-state index < -0.39 is 0 Å². The van der Waals surface area contributed by atoms with Gasteiger partial charge in [0.15, 0.2) is 0 Å². The van der Waals surface area contributed by atoms with E-state index in [-0.39, 0.29) is 23.0 Å². The summed E-state index contributed by atoms with van der Waals surface area (Å²) in [4.78, 5) is 22.3. The van der Waals surface area contributed by atoms with Crippen molar-refractivity contribution in [2.45, 2.75) is 71.0 Å². The Morgan fingerprint density at radius 1 is 1.26 bits per heavy atom. The molecule has 108 valence electrons. The topological polar surface area (TPSA) is 58.2 Å². The van der Waals surface area contributed by atoms with Gasteiger partial charge in [0.05, 0.1) is 0 Å². The van der Waals surface area contributed by atoms with Crippen molar-refractivity contribution in [2.24, 2.45) is 0 Å². The minimum Gasteiger partial charge on any atom is -0.349 e. The molecule has 0 aromatic heterocycles. The van der Waals surface area contributed by atoms with Gasteiger partial charge >= 0.3 is 0 Å². The van der Waals surface area contributed by atoms with E-state index in [4.69, 9.17) is 0 Å². The van der Waals surface area contributed by atoms with Crippen molar-refractivity contribution in [2.75, 3.05) is 0 Å². The maximum absolute atomic E-state index is 12.0. The Morgan fingerprint density at radius 2 is 1.79 bits per heavy atom. The second-order valence-corrected chi connectivity index (χ2v) is 6.76. The highest BCUT2D eigenvalue weighted by atomic mass is 16.1. The zero-order valence-corrected chi connectivity index (χ0v) is 12.7. The van der Waals surface area contributed by atoms with Crippen molar-refractivity contribution >= 4 is 12.2 Å². The summed E-state index contributed by atoms with van der Waals surface area (Å²) < 4.78 is 0. The number of carbonyl (C=O) groups excluding carboxylic acids is 2. The molecule has 0 aliphatic carbocycles. The highest BCUT2D eigenvalue weighted by molar-refractivity contribution is 5.93. The third-order valence-electron chi connectivity index (χ3n) is 3.40. The Kier molecular flexibility index (Phi) is 4.91. The van der Waals surface area contributed by atoms with Crippen molar-refractivity contribution in [3.05, 3.63) is 11.6 Å². The molecular formula is C15H26N2O2. The molecule has 0 saturated carbocycles. The number of hydrogen-bond donors (Lipinski definition) is 2. The van der Waals surface area contributed by atoms with Crippen LogP contribution in [0.25, 0.3) is 0 Å². The first-order valence-corrected chi connectivity index (χ1v) is 6.86. The summed E-state index contributed by atoms with van der Waals surface area (Å²) in [6.07, 6.45) is 4.57. The molecule has 0 bridgehead atoms. The van der Waals surface area contributed by atoms with E-state index in [0.29, 0.717) is 12.0 Å². The highest BCUT2D eigenvalue weighted by Crippen LogP contribution is 2.28. The van der Waals surface area contributed by atoms with Gasteiger partial charge in [0.2, 0.25) is 5.91 Å². The van der Waals surface area contributed by atoms with Crippen LogP contribution >= 0.6 is 0 Å². The Bertz CT molecular complexity index is 368. The van der Waals surface area contributed by atoms with Gasteiger partial charge in [-0.25, -0.2) is 0 Å². The average Bonchev–Trinajstić information content (AvgIpc) is 2.20. The fourth-order valence-corrected chi connectivity index (χ4v) is 3.04. The molecule has 0 aromatic carbocycles. The number of amides is 1. The van der Waals surface area contributed by atoms with Crippen LogP contribution in [0.3, 0.4) is 0 Å². The fourth-order valence-electron chi connectivity index (χ4n) is 3.04. The minimum absolute atomic E-state index is 0.0140. The maximum atomic E-state index is 12.0. The quantitative estimate of drug-likeness (QED) is 0.604. The molecule has 1 heterocycles. The molecule has 1 saturated heterocycles. The van der Waals surface area contributed by atoms with E-state index in [1.165, 1.54) is 0 Å². The van der Waals surface area contributed by atoms with Gasteiger partial charge in [0.25, 0.3) is 0 Å². The maximum Gasteiger partial charge on any atom is 0.246 e. The first-order chi connectivity index (χ1) is 8.65. The van der Waals surface area contributed by atoms with Crippen LogP contribution in [0.4, 0.5) is 0 Å². The molecule has 1 rings (SSSR count). The van der Waals surface area contributed by atoms with Gasteiger partial charge in [-0.2, -0.15) is 0 Å². The number of rotatable bonds is 4. The third kappa shape index (κ3) is 5.15. The number of carbonyl (C=O) groups is 2. The molecule has 4 nitrogen and oxygen atoms in total. The lowest BCUT2D eigenvalue weighted by atomic mass is 9.79. The van der Waals surface area contributed by atoms with Crippen LogP contribution in [-0.4, -0.2) is 29.3 Å². The van der Waals surface area contributed by atoms with Gasteiger partial charge in [-0.3, -0.25) is 4.79 Å². The zero-order valence-electron chi connectivity index (χ0n) is 12.7. The van der Waals surface area contributed by atoms with Crippen molar-refractivity contribution in [1.82, 2.24) is 10.6 Å². The molecule has 0 unspecified atom stereocenters. The van der Waals surface area contributed by atoms with Gasteiger partial charge in [0.1, 0.15) is 6.29 Å². The summed E-state index contributed by atoms with van der Waals surface area (Å²) in [5.74, 6) is -0.0691. The summed E-state index contributed by atoms with van der Waals surface area (Å²) in [5.41, 5.74) is 0.640. The van der Waals surface area contributed by atoms with Crippen LogP contribution < -0.4 is 10.6 Å². The molecule has 19 heavy (non-hydrogen) atoms. The molecule has 2 N–H and O–H groups in total. The number of nitrogens with one attached hydrogen (secondary N) is 2. The summed E-state index contributed by atoms with van der Waals surface area (Å²) in [7, 11) is 0. The molecule has 1 amide bonds. The van der Waals surface area contributed by atoms with Crippen LogP contribution in [0, 0.1) is 0 Å². The molecule has 0 aromatic rings. The molecule has 1 aliphatic heterocycles. The van der Waals surface area contributed by atoms with Gasteiger partial charge < -0.3 is 15.4 Å². The Hall–Kier alpha value is -1.16. The predicted octanol–water partition coefficient (Wildman–Crippen LogP) is 1.95. The molecule has 0 spiro atoms. The summed E-state index contributed by atoms with van der Waals surface area (Å²) >= 11 is 0. The molecule has 1 fully saturated rings. The number of hydrogen-bond acceptors (Lipinski definition) is 3. The monoisotopic (exact) mass is 266 g/mol. The lowest BCUT2D eigenvalue weighted by Crippen LogP contribution is -2.62. The smallest absolute Gasteiger partial charge is 0.246 e. The van der Waals surface area contributed by atoms with E-state index in [0.717, 1.165) is 19.1 Å². The van der Waals surface area contributed by atoms with E-state index >= 15 is 0 Å². The normalized spacial score (nSPS) is 22.9.